The molecule has 1 N–H and O–H groups in total. The van der Waals surface area contributed by atoms with Crippen LogP contribution in [0.5, 0.6) is 0 Å². The number of nitrogens with zero attached hydrogens (tertiary/aromatic N) is 1. The Morgan fingerprint density at radius 2 is 1.89 bits per heavy atom. The van der Waals surface area contributed by atoms with Crippen LogP contribution in [0.2, 0.25) is 0 Å². The summed E-state index contributed by atoms with van der Waals surface area (Å²) in [4.78, 5) is 2.41. The van der Waals surface area contributed by atoms with Gasteiger partial charge in [-0.2, -0.15) is 4.31 Å². The van der Waals surface area contributed by atoms with Crippen LogP contribution < -0.4 is 5.32 Å². The third kappa shape index (κ3) is 3.49. The summed E-state index contributed by atoms with van der Waals surface area (Å²) in [6.07, 6.45) is 1.77. The van der Waals surface area contributed by atoms with Crippen molar-refractivity contribution in [2.24, 2.45) is 0 Å². The van der Waals surface area contributed by atoms with Gasteiger partial charge in [0.2, 0.25) is 10.0 Å². The summed E-state index contributed by atoms with van der Waals surface area (Å²) in [5, 5.41) is 3.26. The van der Waals surface area contributed by atoms with Gasteiger partial charge in [0.15, 0.2) is 0 Å². The molecule has 7 heteroatoms. The third-order valence-corrected chi connectivity index (χ3v) is 6.61. The summed E-state index contributed by atoms with van der Waals surface area (Å²) < 4.78 is 26.7. The molecule has 1 aliphatic rings. The standard InChI is InChI=1S/C12H20N2O2S2.ClH/c1-9-8-12(10(2)17-9)18(15,16)14(3)11-4-6-13-7-5-11;/h8,11,13H,4-7H2,1-3H3;1H. The fourth-order valence-electron chi connectivity index (χ4n) is 2.39. The first-order chi connectivity index (χ1) is 8.43. The Kier molecular flexibility index (Phi) is 5.82. The van der Waals surface area contributed by atoms with Crippen molar-refractivity contribution in [1.82, 2.24) is 9.62 Å². The zero-order valence-corrected chi connectivity index (χ0v) is 13.9. The van der Waals surface area contributed by atoms with Crippen LogP contribution in [-0.4, -0.2) is 38.9 Å². The monoisotopic (exact) mass is 324 g/mol. The Hall–Kier alpha value is -0.140. The van der Waals surface area contributed by atoms with E-state index in [-0.39, 0.29) is 18.4 Å². The lowest BCUT2D eigenvalue weighted by atomic mass is 10.1. The Labute approximate surface area is 125 Å². The fourth-order valence-corrected chi connectivity index (χ4v) is 5.32. The molecule has 1 aliphatic heterocycles. The molecule has 110 valence electrons. The van der Waals surface area contributed by atoms with Gasteiger partial charge in [-0.15, -0.1) is 23.7 Å². The van der Waals surface area contributed by atoms with Crippen molar-refractivity contribution in [2.75, 3.05) is 20.1 Å². The second-order valence-corrected chi connectivity index (χ2v) is 8.21. The third-order valence-electron chi connectivity index (χ3n) is 3.48. The van der Waals surface area contributed by atoms with Gasteiger partial charge < -0.3 is 5.32 Å². The number of aryl methyl sites for hydroxylation is 2. The second-order valence-electron chi connectivity index (χ2n) is 4.78. The number of piperidine rings is 1. The molecule has 0 spiro atoms. The second kappa shape index (κ2) is 6.54. The Balaban J connectivity index is 0.00000180. The highest BCUT2D eigenvalue weighted by Crippen LogP contribution is 2.29. The maximum absolute atomic E-state index is 12.6. The molecule has 0 aliphatic carbocycles. The molecule has 1 aromatic rings. The van der Waals surface area contributed by atoms with Crippen LogP contribution in [0.4, 0.5) is 0 Å². The van der Waals surface area contributed by atoms with E-state index in [4.69, 9.17) is 0 Å². The average molecular weight is 325 g/mol. The van der Waals surface area contributed by atoms with Crippen molar-refractivity contribution < 1.29 is 8.42 Å². The topological polar surface area (TPSA) is 49.4 Å². The molecule has 0 unspecified atom stereocenters. The molecular weight excluding hydrogens is 304 g/mol. The van der Waals surface area contributed by atoms with Crippen molar-refractivity contribution in [2.45, 2.75) is 37.6 Å². The van der Waals surface area contributed by atoms with Crippen molar-refractivity contribution in [3.05, 3.63) is 15.8 Å². The lowest BCUT2D eigenvalue weighted by Gasteiger charge is -2.30. The number of rotatable bonds is 3. The summed E-state index contributed by atoms with van der Waals surface area (Å²) in [7, 11) is -1.63. The molecule has 1 fully saturated rings. The minimum Gasteiger partial charge on any atom is -0.317 e. The average Bonchev–Trinajstić information content (AvgIpc) is 2.69. The highest BCUT2D eigenvalue weighted by Gasteiger charge is 2.30. The predicted molar refractivity (Wildman–Crippen MR) is 81.9 cm³/mol. The lowest BCUT2D eigenvalue weighted by molar-refractivity contribution is 0.296. The predicted octanol–water partition coefficient (Wildman–Crippen LogP) is 2.16. The van der Waals surface area contributed by atoms with Crippen LogP contribution in [0.15, 0.2) is 11.0 Å². The Morgan fingerprint density at radius 1 is 1.32 bits per heavy atom. The fraction of sp³-hybridized carbons (Fsp3) is 0.667. The van der Waals surface area contributed by atoms with Crippen molar-refractivity contribution in [3.8, 4) is 0 Å². The minimum absolute atomic E-state index is 0. The first kappa shape index (κ1) is 16.9. The number of halogens is 1. The SMILES string of the molecule is Cc1cc(S(=O)(=O)N(C)C2CCNCC2)c(C)s1.Cl. The van der Waals surface area contributed by atoms with E-state index in [1.807, 2.05) is 13.8 Å². The van der Waals surface area contributed by atoms with E-state index < -0.39 is 10.0 Å². The molecule has 1 saturated heterocycles. The van der Waals surface area contributed by atoms with Crippen LogP contribution in [0, 0.1) is 13.8 Å². The minimum atomic E-state index is -3.33. The van der Waals surface area contributed by atoms with E-state index in [0.717, 1.165) is 35.7 Å². The maximum atomic E-state index is 12.6. The van der Waals surface area contributed by atoms with Gasteiger partial charge in [-0.1, -0.05) is 0 Å². The summed E-state index contributed by atoms with van der Waals surface area (Å²) in [5.74, 6) is 0. The first-order valence-corrected chi connectivity index (χ1v) is 8.44. The largest absolute Gasteiger partial charge is 0.317 e. The zero-order valence-electron chi connectivity index (χ0n) is 11.5. The number of nitrogens with one attached hydrogen (secondary N) is 1. The van der Waals surface area contributed by atoms with Gasteiger partial charge in [0.1, 0.15) is 0 Å². The molecule has 19 heavy (non-hydrogen) atoms. The van der Waals surface area contributed by atoms with E-state index in [0.29, 0.717) is 4.90 Å². The van der Waals surface area contributed by atoms with Crippen LogP contribution in [0.3, 0.4) is 0 Å². The highest BCUT2D eigenvalue weighted by atomic mass is 35.5. The van der Waals surface area contributed by atoms with E-state index in [2.05, 4.69) is 5.32 Å². The lowest BCUT2D eigenvalue weighted by Crippen LogP contribution is -2.43. The summed E-state index contributed by atoms with van der Waals surface area (Å²) in [6.45, 7) is 5.61. The van der Waals surface area contributed by atoms with Gasteiger partial charge in [0.05, 0.1) is 4.90 Å². The molecule has 4 nitrogen and oxygen atoms in total. The van der Waals surface area contributed by atoms with Gasteiger partial charge in [-0.25, -0.2) is 8.42 Å². The maximum Gasteiger partial charge on any atom is 0.244 e. The number of sulfonamides is 1. The van der Waals surface area contributed by atoms with E-state index >= 15 is 0 Å². The molecule has 0 radical (unpaired) electrons. The Bertz CT molecular complexity index is 522. The summed E-state index contributed by atoms with van der Waals surface area (Å²) in [6, 6.07) is 1.91. The molecule has 0 amide bonds. The first-order valence-electron chi connectivity index (χ1n) is 6.18. The molecule has 2 rings (SSSR count). The van der Waals surface area contributed by atoms with Gasteiger partial charge in [0, 0.05) is 22.8 Å². The van der Waals surface area contributed by atoms with Crippen molar-refractivity contribution in [1.29, 1.82) is 0 Å². The molecular formula is C12H21ClN2O2S2. The molecule has 0 saturated carbocycles. The van der Waals surface area contributed by atoms with Crippen LogP contribution in [-0.2, 0) is 10.0 Å². The van der Waals surface area contributed by atoms with Gasteiger partial charge in [-0.3, -0.25) is 0 Å². The van der Waals surface area contributed by atoms with Crippen molar-refractivity contribution in [3.63, 3.8) is 0 Å². The van der Waals surface area contributed by atoms with Crippen molar-refractivity contribution >= 4 is 33.8 Å². The number of thiophene rings is 1. The van der Waals surface area contributed by atoms with Gasteiger partial charge in [-0.05, 0) is 45.8 Å². The summed E-state index contributed by atoms with van der Waals surface area (Å²) >= 11 is 1.54. The normalized spacial score (nSPS) is 17.5. The van der Waals surface area contributed by atoms with E-state index in [1.54, 1.807) is 28.8 Å². The van der Waals surface area contributed by atoms with Crippen LogP contribution in [0.1, 0.15) is 22.6 Å². The van der Waals surface area contributed by atoms with E-state index in [1.165, 1.54) is 0 Å². The van der Waals surface area contributed by atoms with Crippen LogP contribution in [0.25, 0.3) is 0 Å². The highest BCUT2D eigenvalue weighted by molar-refractivity contribution is 7.89. The zero-order chi connectivity index (χ0) is 13.3. The smallest absolute Gasteiger partial charge is 0.244 e. The molecule has 2 heterocycles. The molecule has 0 aromatic carbocycles. The summed E-state index contributed by atoms with van der Waals surface area (Å²) in [5.41, 5.74) is 0. The van der Waals surface area contributed by atoms with Crippen LogP contribution >= 0.6 is 23.7 Å². The molecule has 0 atom stereocenters. The van der Waals surface area contributed by atoms with Gasteiger partial charge >= 0.3 is 0 Å². The number of hydrogen-bond acceptors (Lipinski definition) is 4. The number of hydrogen-bond donors (Lipinski definition) is 1. The Morgan fingerprint density at radius 3 is 2.37 bits per heavy atom. The van der Waals surface area contributed by atoms with E-state index in [9.17, 15) is 8.42 Å². The van der Waals surface area contributed by atoms with Gasteiger partial charge in [0.25, 0.3) is 0 Å². The molecule has 1 aromatic heterocycles. The quantitative estimate of drug-likeness (QED) is 0.927. The molecule has 0 bridgehead atoms.